The SMILES string of the molecule is CCC(O)Cc1nc(C2Cc3ccccc3C2)no1. The molecule has 0 spiro atoms. The highest BCUT2D eigenvalue weighted by atomic mass is 16.5. The van der Waals surface area contributed by atoms with Gasteiger partial charge in [-0.2, -0.15) is 4.98 Å². The highest BCUT2D eigenvalue weighted by Crippen LogP contribution is 2.32. The van der Waals surface area contributed by atoms with Crippen LogP contribution in [0.15, 0.2) is 28.8 Å². The molecule has 1 atom stereocenters. The molecule has 0 fully saturated rings. The molecule has 2 aromatic rings. The van der Waals surface area contributed by atoms with E-state index in [2.05, 4.69) is 34.4 Å². The third-order valence-corrected chi connectivity index (χ3v) is 3.78. The molecule has 1 N–H and O–H groups in total. The number of nitrogens with zero attached hydrogens (tertiary/aromatic N) is 2. The van der Waals surface area contributed by atoms with Gasteiger partial charge in [0.25, 0.3) is 0 Å². The van der Waals surface area contributed by atoms with Gasteiger partial charge in [-0.15, -0.1) is 0 Å². The minimum absolute atomic E-state index is 0.314. The van der Waals surface area contributed by atoms with E-state index >= 15 is 0 Å². The lowest BCUT2D eigenvalue weighted by Crippen LogP contribution is -2.09. The predicted octanol–water partition coefficient (Wildman–Crippen LogP) is 2.27. The summed E-state index contributed by atoms with van der Waals surface area (Å²) in [5.74, 6) is 1.63. The van der Waals surface area contributed by atoms with Gasteiger partial charge in [-0.05, 0) is 30.4 Å². The fraction of sp³-hybridized carbons (Fsp3) is 0.467. The van der Waals surface area contributed by atoms with Crippen LogP contribution >= 0.6 is 0 Å². The summed E-state index contributed by atoms with van der Waals surface area (Å²) < 4.78 is 5.23. The van der Waals surface area contributed by atoms with Crippen LogP contribution in [0.25, 0.3) is 0 Å². The Hall–Kier alpha value is -1.68. The van der Waals surface area contributed by atoms with Crippen molar-refractivity contribution in [1.82, 2.24) is 10.1 Å². The first kappa shape index (κ1) is 12.4. The van der Waals surface area contributed by atoms with E-state index in [-0.39, 0.29) is 0 Å². The molecule has 1 aromatic carbocycles. The second-order valence-electron chi connectivity index (χ2n) is 5.19. The normalized spacial score (nSPS) is 16.5. The van der Waals surface area contributed by atoms with Crippen molar-refractivity contribution < 1.29 is 9.63 Å². The smallest absolute Gasteiger partial charge is 0.229 e. The average molecular weight is 258 g/mol. The lowest BCUT2D eigenvalue weighted by atomic mass is 10.1. The maximum Gasteiger partial charge on any atom is 0.229 e. The van der Waals surface area contributed by atoms with E-state index in [1.54, 1.807) is 0 Å². The summed E-state index contributed by atoms with van der Waals surface area (Å²) >= 11 is 0. The molecule has 19 heavy (non-hydrogen) atoms. The molecule has 100 valence electrons. The molecule has 0 aliphatic heterocycles. The van der Waals surface area contributed by atoms with Gasteiger partial charge in [-0.1, -0.05) is 36.3 Å². The van der Waals surface area contributed by atoms with Crippen LogP contribution in [0.4, 0.5) is 0 Å². The monoisotopic (exact) mass is 258 g/mol. The van der Waals surface area contributed by atoms with E-state index in [0.29, 0.717) is 24.7 Å². The number of hydrogen-bond acceptors (Lipinski definition) is 4. The van der Waals surface area contributed by atoms with Crippen molar-refractivity contribution in [3.05, 3.63) is 47.1 Å². The molecule has 0 radical (unpaired) electrons. The maximum absolute atomic E-state index is 9.60. The summed E-state index contributed by atoms with van der Waals surface area (Å²) in [6.07, 6.45) is 2.71. The van der Waals surface area contributed by atoms with Crippen molar-refractivity contribution >= 4 is 0 Å². The van der Waals surface area contributed by atoms with Gasteiger partial charge in [0, 0.05) is 5.92 Å². The van der Waals surface area contributed by atoms with Crippen molar-refractivity contribution in [3.8, 4) is 0 Å². The van der Waals surface area contributed by atoms with Gasteiger partial charge in [0.05, 0.1) is 12.5 Å². The van der Waals surface area contributed by atoms with E-state index in [0.717, 1.165) is 18.7 Å². The van der Waals surface area contributed by atoms with Crippen molar-refractivity contribution in [2.45, 2.75) is 44.6 Å². The average Bonchev–Trinajstić information content (AvgIpc) is 3.04. The molecule has 1 unspecified atom stereocenters. The van der Waals surface area contributed by atoms with Gasteiger partial charge in [0.1, 0.15) is 0 Å². The first-order chi connectivity index (χ1) is 9.26. The Balaban J connectivity index is 1.72. The second-order valence-corrected chi connectivity index (χ2v) is 5.19. The summed E-state index contributed by atoms with van der Waals surface area (Å²) in [5.41, 5.74) is 2.76. The highest BCUT2D eigenvalue weighted by Gasteiger charge is 2.26. The zero-order valence-corrected chi connectivity index (χ0v) is 11.0. The minimum Gasteiger partial charge on any atom is -0.393 e. The van der Waals surface area contributed by atoms with E-state index in [1.165, 1.54) is 11.1 Å². The molecule has 0 bridgehead atoms. The van der Waals surface area contributed by atoms with E-state index < -0.39 is 6.10 Å². The van der Waals surface area contributed by atoms with Crippen LogP contribution in [0, 0.1) is 0 Å². The second kappa shape index (κ2) is 5.13. The third-order valence-electron chi connectivity index (χ3n) is 3.78. The van der Waals surface area contributed by atoms with Crippen LogP contribution in [0.5, 0.6) is 0 Å². The molecular weight excluding hydrogens is 240 g/mol. The lowest BCUT2D eigenvalue weighted by Gasteiger charge is -2.02. The van der Waals surface area contributed by atoms with Crippen LogP contribution in [0.1, 0.15) is 42.1 Å². The molecular formula is C15H18N2O2. The number of rotatable bonds is 4. The number of fused-ring (bicyclic) bond motifs is 1. The van der Waals surface area contributed by atoms with Crippen molar-refractivity contribution in [1.29, 1.82) is 0 Å². The Kier molecular flexibility index (Phi) is 3.34. The highest BCUT2D eigenvalue weighted by molar-refractivity contribution is 5.34. The van der Waals surface area contributed by atoms with Crippen LogP contribution in [-0.2, 0) is 19.3 Å². The molecule has 1 aromatic heterocycles. The predicted molar refractivity (Wildman–Crippen MR) is 70.9 cm³/mol. The van der Waals surface area contributed by atoms with Crippen molar-refractivity contribution in [2.24, 2.45) is 0 Å². The third kappa shape index (κ3) is 2.54. The standard InChI is InChI=1S/C15H18N2O2/c1-2-13(18)9-14-16-15(17-19-14)12-7-10-5-3-4-6-11(10)8-12/h3-6,12-13,18H,2,7-9H2,1H3. The molecule has 0 saturated heterocycles. The summed E-state index contributed by atoms with van der Waals surface area (Å²) in [6.45, 7) is 1.94. The number of aliphatic hydroxyl groups is 1. The quantitative estimate of drug-likeness (QED) is 0.914. The first-order valence-electron chi connectivity index (χ1n) is 6.83. The fourth-order valence-corrected chi connectivity index (χ4v) is 2.60. The molecule has 3 rings (SSSR count). The van der Waals surface area contributed by atoms with Gasteiger partial charge < -0.3 is 9.63 Å². The largest absolute Gasteiger partial charge is 0.393 e. The lowest BCUT2D eigenvalue weighted by molar-refractivity contribution is 0.158. The van der Waals surface area contributed by atoms with E-state index in [4.69, 9.17) is 4.52 Å². The van der Waals surface area contributed by atoms with Gasteiger partial charge in [-0.25, -0.2) is 0 Å². The summed E-state index contributed by atoms with van der Waals surface area (Å²) in [6, 6.07) is 8.47. The Labute approximate surface area is 112 Å². The molecule has 0 amide bonds. The fourth-order valence-electron chi connectivity index (χ4n) is 2.60. The summed E-state index contributed by atoms with van der Waals surface area (Å²) in [5, 5.41) is 13.7. The van der Waals surface area contributed by atoms with Gasteiger partial charge in [-0.3, -0.25) is 0 Å². The Bertz CT molecular complexity index is 540. The number of benzene rings is 1. The van der Waals surface area contributed by atoms with E-state index in [1.807, 2.05) is 6.92 Å². The Morgan fingerprint density at radius 2 is 2.00 bits per heavy atom. The number of aromatic nitrogens is 2. The zero-order chi connectivity index (χ0) is 13.2. The molecule has 1 aliphatic rings. The van der Waals surface area contributed by atoms with Gasteiger partial charge in [0.2, 0.25) is 5.89 Å². The van der Waals surface area contributed by atoms with Gasteiger partial charge in [0.15, 0.2) is 5.82 Å². The molecule has 4 heteroatoms. The minimum atomic E-state index is -0.394. The zero-order valence-electron chi connectivity index (χ0n) is 11.0. The maximum atomic E-state index is 9.60. The molecule has 1 aliphatic carbocycles. The first-order valence-corrected chi connectivity index (χ1v) is 6.83. The number of aliphatic hydroxyl groups excluding tert-OH is 1. The Morgan fingerprint density at radius 3 is 2.63 bits per heavy atom. The summed E-state index contributed by atoms with van der Waals surface area (Å²) in [7, 11) is 0. The molecule has 0 saturated carbocycles. The molecule has 4 nitrogen and oxygen atoms in total. The van der Waals surface area contributed by atoms with Crippen molar-refractivity contribution in [3.63, 3.8) is 0 Å². The summed E-state index contributed by atoms with van der Waals surface area (Å²) in [4.78, 5) is 4.43. The van der Waals surface area contributed by atoms with Crippen LogP contribution in [-0.4, -0.2) is 21.4 Å². The van der Waals surface area contributed by atoms with Crippen LogP contribution < -0.4 is 0 Å². The van der Waals surface area contributed by atoms with E-state index in [9.17, 15) is 5.11 Å². The van der Waals surface area contributed by atoms with Crippen LogP contribution in [0.3, 0.4) is 0 Å². The Morgan fingerprint density at radius 1 is 1.32 bits per heavy atom. The topological polar surface area (TPSA) is 59.2 Å². The van der Waals surface area contributed by atoms with Crippen LogP contribution in [0.2, 0.25) is 0 Å². The number of hydrogen-bond donors (Lipinski definition) is 1. The van der Waals surface area contributed by atoms with Crippen molar-refractivity contribution in [2.75, 3.05) is 0 Å². The molecule has 1 heterocycles. The van der Waals surface area contributed by atoms with Gasteiger partial charge >= 0.3 is 0 Å².